The molecule has 1 aliphatic heterocycles. The van der Waals surface area contributed by atoms with E-state index in [1.165, 1.54) is 4.68 Å². The lowest BCUT2D eigenvalue weighted by atomic mass is 10.0. The summed E-state index contributed by atoms with van der Waals surface area (Å²) in [7, 11) is 1.58. The Balaban J connectivity index is 1.61. The van der Waals surface area contributed by atoms with E-state index in [4.69, 9.17) is 9.47 Å². The summed E-state index contributed by atoms with van der Waals surface area (Å²) in [5.74, 6) is 1.19. The lowest BCUT2D eigenvalue weighted by molar-refractivity contribution is -0.117. The smallest absolute Gasteiger partial charge is 0.278 e. The van der Waals surface area contributed by atoms with Crippen molar-refractivity contribution in [2.45, 2.75) is 26.8 Å². The minimum Gasteiger partial charge on any atom is -0.493 e. The van der Waals surface area contributed by atoms with Crippen molar-refractivity contribution < 1.29 is 14.3 Å². The van der Waals surface area contributed by atoms with E-state index in [2.05, 4.69) is 21.2 Å². The molecule has 4 aromatic rings. The predicted octanol–water partition coefficient (Wildman–Crippen LogP) is 5.36. The Morgan fingerprint density at radius 3 is 2.57 bits per heavy atom. The van der Waals surface area contributed by atoms with Crippen LogP contribution in [0.4, 0.5) is 5.69 Å². The van der Waals surface area contributed by atoms with Crippen molar-refractivity contribution in [1.29, 1.82) is 0 Å². The number of halogens is 1. The van der Waals surface area contributed by atoms with Crippen LogP contribution in [0.15, 0.2) is 69.9 Å². The molecule has 0 aliphatic carbocycles. The molecule has 0 atom stereocenters. The highest BCUT2D eigenvalue weighted by molar-refractivity contribution is 9.10. The summed E-state index contributed by atoms with van der Waals surface area (Å²) >= 11 is 3.40. The van der Waals surface area contributed by atoms with Gasteiger partial charge in [0.2, 0.25) is 11.8 Å². The van der Waals surface area contributed by atoms with Crippen molar-refractivity contribution in [3.63, 3.8) is 0 Å². The van der Waals surface area contributed by atoms with E-state index >= 15 is 0 Å². The van der Waals surface area contributed by atoms with Gasteiger partial charge in [-0.1, -0.05) is 34.1 Å². The minimum atomic E-state index is -0.280. The third-order valence-electron chi connectivity index (χ3n) is 6.19. The summed E-state index contributed by atoms with van der Waals surface area (Å²) in [4.78, 5) is 26.8. The van der Waals surface area contributed by atoms with Crippen molar-refractivity contribution in [3.05, 3.63) is 97.7 Å². The van der Waals surface area contributed by atoms with E-state index in [1.54, 1.807) is 23.9 Å². The zero-order valence-electron chi connectivity index (χ0n) is 19.6. The molecule has 0 bridgehead atoms. The molecule has 3 aromatic carbocycles. The van der Waals surface area contributed by atoms with E-state index in [9.17, 15) is 9.59 Å². The number of nitrogens with zero attached hydrogens (tertiary/aromatic N) is 2. The number of nitrogens with one attached hydrogen (secondary N) is 1. The average molecular weight is 534 g/mol. The molecule has 0 unspecified atom stereocenters. The number of anilines is 1. The van der Waals surface area contributed by atoms with Gasteiger partial charge in [-0.3, -0.25) is 9.59 Å². The van der Waals surface area contributed by atoms with Crippen LogP contribution in [0.3, 0.4) is 0 Å². The summed E-state index contributed by atoms with van der Waals surface area (Å²) in [6.45, 7) is 3.90. The lowest BCUT2D eigenvalue weighted by Gasteiger charge is -2.21. The van der Waals surface area contributed by atoms with Gasteiger partial charge in [0.25, 0.3) is 5.56 Å². The fourth-order valence-corrected chi connectivity index (χ4v) is 4.50. The monoisotopic (exact) mass is 533 g/mol. The van der Waals surface area contributed by atoms with Gasteiger partial charge in [-0.15, -0.1) is 0 Å². The summed E-state index contributed by atoms with van der Waals surface area (Å²) in [5, 5.41) is 2.90. The second kappa shape index (κ2) is 9.11. The fraction of sp³-hybridized carbons (Fsp3) is 0.185. The summed E-state index contributed by atoms with van der Waals surface area (Å²) < 4.78 is 15.8. The fourth-order valence-electron chi connectivity index (χ4n) is 4.23. The van der Waals surface area contributed by atoms with Gasteiger partial charge in [-0.05, 0) is 67.4 Å². The molecule has 1 N–H and O–H groups in total. The Morgan fingerprint density at radius 1 is 1.09 bits per heavy atom. The number of rotatable bonds is 5. The highest BCUT2D eigenvalue weighted by Crippen LogP contribution is 2.41. The van der Waals surface area contributed by atoms with Crippen molar-refractivity contribution in [2.75, 3.05) is 12.4 Å². The van der Waals surface area contributed by atoms with Gasteiger partial charge < -0.3 is 14.8 Å². The minimum absolute atomic E-state index is 0.113. The van der Waals surface area contributed by atoms with Gasteiger partial charge in [0.05, 0.1) is 18.4 Å². The molecule has 1 amide bonds. The van der Waals surface area contributed by atoms with Crippen LogP contribution in [0.2, 0.25) is 0 Å². The number of aryl methyl sites for hydroxylation is 2. The first-order valence-electron chi connectivity index (χ1n) is 11.2. The number of carbonyl (C=O) groups excluding carboxylic acids is 1. The van der Waals surface area contributed by atoms with Crippen LogP contribution in [0.25, 0.3) is 5.69 Å². The Bertz CT molecular complexity index is 1500. The van der Waals surface area contributed by atoms with E-state index in [1.807, 2.05) is 62.4 Å². The number of benzene rings is 3. The number of hydrogen-bond donors (Lipinski definition) is 1. The third-order valence-corrected chi connectivity index (χ3v) is 6.72. The SMILES string of the molecule is COc1cccc2c1Oc1c(c(=O)n(-c3ccc(C)c(C)c3)n1CC(=O)Nc1ccc(Br)cc1)C2. The second-order valence-corrected chi connectivity index (χ2v) is 9.42. The number of ether oxygens (including phenoxy) is 2. The molecule has 7 nitrogen and oxygen atoms in total. The Labute approximate surface area is 211 Å². The molecular weight excluding hydrogens is 510 g/mol. The molecule has 0 spiro atoms. The first kappa shape index (κ1) is 23.0. The first-order chi connectivity index (χ1) is 16.9. The molecule has 35 heavy (non-hydrogen) atoms. The van der Waals surface area contributed by atoms with Crippen LogP contribution >= 0.6 is 15.9 Å². The molecule has 178 valence electrons. The number of carbonyl (C=O) groups is 1. The van der Waals surface area contributed by atoms with E-state index in [0.717, 1.165) is 21.2 Å². The third kappa shape index (κ3) is 4.25. The molecule has 0 radical (unpaired) electrons. The number of para-hydroxylation sites is 1. The number of fused-ring (bicyclic) bond motifs is 2. The summed E-state index contributed by atoms with van der Waals surface area (Å²) in [6, 6.07) is 18.7. The van der Waals surface area contributed by atoms with Crippen molar-refractivity contribution >= 4 is 27.5 Å². The molecule has 8 heteroatoms. The zero-order chi connectivity index (χ0) is 24.7. The maximum absolute atomic E-state index is 13.7. The van der Waals surface area contributed by atoms with Crippen LogP contribution in [0.5, 0.6) is 17.4 Å². The summed E-state index contributed by atoms with van der Waals surface area (Å²) in [6.07, 6.45) is 0.382. The maximum atomic E-state index is 13.7. The molecule has 1 aromatic heterocycles. The molecule has 5 rings (SSSR count). The van der Waals surface area contributed by atoms with E-state index in [0.29, 0.717) is 40.7 Å². The number of methoxy groups -OCH3 is 1. The van der Waals surface area contributed by atoms with Gasteiger partial charge in [0.1, 0.15) is 6.54 Å². The maximum Gasteiger partial charge on any atom is 0.278 e. The Morgan fingerprint density at radius 2 is 1.86 bits per heavy atom. The lowest BCUT2D eigenvalue weighted by Crippen LogP contribution is -2.27. The van der Waals surface area contributed by atoms with Crippen molar-refractivity contribution in [2.24, 2.45) is 0 Å². The van der Waals surface area contributed by atoms with Gasteiger partial charge in [-0.25, -0.2) is 9.36 Å². The second-order valence-electron chi connectivity index (χ2n) is 8.51. The van der Waals surface area contributed by atoms with Crippen LogP contribution in [0.1, 0.15) is 22.3 Å². The van der Waals surface area contributed by atoms with Gasteiger partial charge in [-0.2, -0.15) is 0 Å². The quantitative estimate of drug-likeness (QED) is 0.330. The van der Waals surface area contributed by atoms with Crippen molar-refractivity contribution in [1.82, 2.24) is 9.36 Å². The van der Waals surface area contributed by atoms with Crippen LogP contribution in [-0.4, -0.2) is 22.4 Å². The average Bonchev–Trinajstić information content (AvgIpc) is 3.11. The van der Waals surface area contributed by atoms with Crippen LogP contribution in [-0.2, 0) is 17.8 Å². The molecule has 0 saturated carbocycles. The molecule has 0 saturated heterocycles. The largest absolute Gasteiger partial charge is 0.493 e. The number of hydrogen-bond acceptors (Lipinski definition) is 4. The van der Waals surface area contributed by atoms with Crippen molar-refractivity contribution in [3.8, 4) is 23.1 Å². The first-order valence-corrected chi connectivity index (χ1v) is 12.0. The molecular formula is C27H24BrN3O4. The number of aromatic nitrogens is 2. The Kier molecular flexibility index (Phi) is 5.98. The molecule has 1 aliphatic rings. The predicted molar refractivity (Wildman–Crippen MR) is 138 cm³/mol. The zero-order valence-corrected chi connectivity index (χ0v) is 21.2. The standard InChI is InChI=1S/C27H24BrN3O4/c1-16-7-12-21(13-17(16)2)31-26(33)22-14-18-5-4-6-23(34-3)25(18)35-27(22)30(31)15-24(32)29-20-10-8-19(28)9-11-20/h4-13H,14-15H2,1-3H3,(H,29,32). The molecule has 2 heterocycles. The van der Waals surface area contributed by atoms with Gasteiger partial charge in [0.15, 0.2) is 11.5 Å². The van der Waals surface area contributed by atoms with E-state index in [-0.39, 0.29) is 18.0 Å². The van der Waals surface area contributed by atoms with Crippen LogP contribution < -0.4 is 20.3 Å². The number of amides is 1. The van der Waals surface area contributed by atoms with Gasteiger partial charge >= 0.3 is 0 Å². The normalized spacial score (nSPS) is 11.9. The van der Waals surface area contributed by atoms with Crippen LogP contribution in [0, 0.1) is 13.8 Å². The van der Waals surface area contributed by atoms with Gasteiger partial charge in [0, 0.05) is 22.1 Å². The highest BCUT2D eigenvalue weighted by Gasteiger charge is 2.30. The molecule has 0 fully saturated rings. The topological polar surface area (TPSA) is 74.5 Å². The summed E-state index contributed by atoms with van der Waals surface area (Å²) in [5.41, 5.74) is 4.64. The Hall–Kier alpha value is -3.78. The van der Waals surface area contributed by atoms with E-state index < -0.39 is 0 Å². The highest BCUT2D eigenvalue weighted by atomic mass is 79.9.